The molecular weight excluding hydrogens is 366 g/mol. The number of amides is 2. The number of fused-ring (bicyclic) bond motifs is 1. The Morgan fingerprint density at radius 3 is 2.17 bits per heavy atom. The summed E-state index contributed by atoms with van der Waals surface area (Å²) >= 11 is 0. The number of imide groups is 1. The standard InChI is InChI=1S/C23H21N3O3/c1-4-29-19-11-9-18(10-12-19)25-15(2)13-17(16(25)3)14-24-26-22(27)20-7-5-6-8-21(20)23(26)28/h5-14H,4H2,1-3H3/b24-14-. The van der Waals surface area contributed by atoms with Crippen LogP contribution in [0.3, 0.4) is 0 Å². The molecule has 0 N–H and O–H groups in total. The minimum atomic E-state index is -0.401. The molecule has 0 fully saturated rings. The number of carbonyl (C=O) groups excluding carboxylic acids is 2. The second-order valence-electron chi connectivity index (χ2n) is 6.80. The fourth-order valence-electron chi connectivity index (χ4n) is 3.58. The molecule has 4 rings (SSSR count). The molecule has 3 aromatic rings. The van der Waals surface area contributed by atoms with Gasteiger partial charge in [-0.05, 0) is 63.2 Å². The van der Waals surface area contributed by atoms with Crippen molar-refractivity contribution in [1.29, 1.82) is 0 Å². The minimum Gasteiger partial charge on any atom is -0.494 e. The molecule has 0 bridgehead atoms. The Balaban J connectivity index is 1.62. The Kier molecular flexibility index (Phi) is 4.76. The van der Waals surface area contributed by atoms with E-state index in [4.69, 9.17) is 4.74 Å². The molecule has 6 heteroatoms. The lowest BCUT2D eigenvalue weighted by Crippen LogP contribution is -2.24. The van der Waals surface area contributed by atoms with Crippen molar-refractivity contribution in [3.63, 3.8) is 0 Å². The molecule has 6 nitrogen and oxygen atoms in total. The molecule has 0 saturated carbocycles. The molecule has 0 aliphatic carbocycles. The van der Waals surface area contributed by atoms with Crippen LogP contribution >= 0.6 is 0 Å². The maximum atomic E-state index is 12.5. The Bertz CT molecular complexity index is 1090. The number of hydrazone groups is 1. The zero-order chi connectivity index (χ0) is 20.5. The van der Waals surface area contributed by atoms with Gasteiger partial charge in [0.25, 0.3) is 11.8 Å². The summed E-state index contributed by atoms with van der Waals surface area (Å²) in [6.45, 7) is 6.56. The Hall–Kier alpha value is -3.67. The third-order valence-corrected chi connectivity index (χ3v) is 4.96. The van der Waals surface area contributed by atoms with Crippen molar-refractivity contribution in [3.05, 3.63) is 82.7 Å². The van der Waals surface area contributed by atoms with Crippen LogP contribution in [-0.2, 0) is 0 Å². The van der Waals surface area contributed by atoms with E-state index >= 15 is 0 Å². The predicted molar refractivity (Wildman–Crippen MR) is 111 cm³/mol. The molecule has 1 aromatic heterocycles. The van der Waals surface area contributed by atoms with Crippen LogP contribution < -0.4 is 4.74 Å². The van der Waals surface area contributed by atoms with E-state index in [9.17, 15) is 9.59 Å². The summed E-state index contributed by atoms with van der Waals surface area (Å²) in [5, 5.41) is 5.12. The van der Waals surface area contributed by atoms with Crippen LogP contribution in [-0.4, -0.2) is 34.2 Å². The zero-order valence-corrected chi connectivity index (χ0v) is 16.5. The highest BCUT2D eigenvalue weighted by atomic mass is 16.5. The van der Waals surface area contributed by atoms with Crippen molar-refractivity contribution in [2.24, 2.45) is 5.10 Å². The van der Waals surface area contributed by atoms with Crippen LogP contribution in [0.5, 0.6) is 5.75 Å². The molecule has 2 amide bonds. The van der Waals surface area contributed by atoms with Gasteiger partial charge in [-0.3, -0.25) is 9.59 Å². The largest absolute Gasteiger partial charge is 0.494 e. The Morgan fingerprint density at radius 1 is 0.966 bits per heavy atom. The summed E-state index contributed by atoms with van der Waals surface area (Å²) in [4.78, 5) is 24.9. The van der Waals surface area contributed by atoms with E-state index in [-0.39, 0.29) is 0 Å². The number of carbonyl (C=O) groups is 2. The van der Waals surface area contributed by atoms with Crippen LogP contribution in [0.2, 0.25) is 0 Å². The normalized spacial score (nSPS) is 13.4. The monoisotopic (exact) mass is 387 g/mol. The lowest BCUT2D eigenvalue weighted by Gasteiger charge is -2.11. The average molecular weight is 387 g/mol. The molecule has 1 aliphatic rings. The number of hydrogen-bond acceptors (Lipinski definition) is 4. The molecule has 0 saturated heterocycles. The maximum Gasteiger partial charge on any atom is 0.282 e. The van der Waals surface area contributed by atoms with Crippen molar-refractivity contribution < 1.29 is 14.3 Å². The topological polar surface area (TPSA) is 63.9 Å². The van der Waals surface area contributed by atoms with Crippen LogP contribution in [0.1, 0.15) is 44.6 Å². The van der Waals surface area contributed by atoms with Gasteiger partial charge >= 0.3 is 0 Å². The number of aryl methyl sites for hydroxylation is 1. The van der Waals surface area contributed by atoms with Gasteiger partial charge in [0.1, 0.15) is 5.75 Å². The van der Waals surface area contributed by atoms with Crippen LogP contribution in [0.4, 0.5) is 0 Å². The molecule has 0 atom stereocenters. The number of nitrogens with zero attached hydrogens (tertiary/aromatic N) is 3. The van der Waals surface area contributed by atoms with E-state index in [0.717, 1.165) is 33.4 Å². The fourth-order valence-corrected chi connectivity index (χ4v) is 3.58. The van der Waals surface area contributed by atoms with E-state index in [2.05, 4.69) is 9.67 Å². The highest BCUT2D eigenvalue weighted by molar-refractivity contribution is 6.21. The van der Waals surface area contributed by atoms with Gasteiger partial charge in [0.2, 0.25) is 0 Å². The van der Waals surface area contributed by atoms with Gasteiger partial charge in [-0.15, -0.1) is 0 Å². The lowest BCUT2D eigenvalue weighted by atomic mass is 10.1. The first-order valence-electron chi connectivity index (χ1n) is 9.45. The summed E-state index contributed by atoms with van der Waals surface area (Å²) in [6.07, 6.45) is 1.56. The summed E-state index contributed by atoms with van der Waals surface area (Å²) in [6, 6.07) is 16.6. The van der Waals surface area contributed by atoms with Crippen molar-refractivity contribution in [1.82, 2.24) is 9.58 Å². The number of aromatic nitrogens is 1. The summed E-state index contributed by atoms with van der Waals surface area (Å²) in [5.74, 6) is 0.0236. The molecule has 2 heterocycles. The number of rotatable bonds is 5. The number of hydrogen-bond donors (Lipinski definition) is 0. The van der Waals surface area contributed by atoms with Crippen molar-refractivity contribution >= 4 is 18.0 Å². The molecule has 1 aliphatic heterocycles. The fraction of sp³-hybridized carbons (Fsp3) is 0.174. The van der Waals surface area contributed by atoms with Gasteiger partial charge in [0, 0.05) is 22.6 Å². The third-order valence-electron chi connectivity index (χ3n) is 4.96. The maximum absolute atomic E-state index is 12.5. The van der Waals surface area contributed by atoms with Gasteiger partial charge in [-0.25, -0.2) is 0 Å². The lowest BCUT2D eigenvalue weighted by molar-refractivity contribution is 0.0660. The van der Waals surface area contributed by atoms with E-state index in [1.54, 1.807) is 30.5 Å². The summed E-state index contributed by atoms with van der Waals surface area (Å²) < 4.78 is 7.60. The van der Waals surface area contributed by atoms with Gasteiger partial charge in [-0.2, -0.15) is 10.1 Å². The van der Waals surface area contributed by atoms with Gasteiger partial charge < -0.3 is 9.30 Å². The van der Waals surface area contributed by atoms with Crippen LogP contribution in [0.25, 0.3) is 5.69 Å². The van der Waals surface area contributed by atoms with Crippen molar-refractivity contribution in [2.75, 3.05) is 6.61 Å². The summed E-state index contributed by atoms with van der Waals surface area (Å²) in [7, 11) is 0. The first-order chi connectivity index (χ1) is 14.0. The Labute approximate surface area is 169 Å². The number of ether oxygens (including phenoxy) is 1. The third kappa shape index (κ3) is 3.23. The smallest absolute Gasteiger partial charge is 0.282 e. The van der Waals surface area contributed by atoms with E-state index in [1.165, 1.54) is 0 Å². The molecule has 2 aromatic carbocycles. The molecule has 0 radical (unpaired) electrons. The first kappa shape index (κ1) is 18.7. The molecule has 146 valence electrons. The molecule has 0 spiro atoms. The molecular formula is C23H21N3O3. The van der Waals surface area contributed by atoms with Crippen molar-refractivity contribution in [2.45, 2.75) is 20.8 Å². The Morgan fingerprint density at radius 2 is 1.59 bits per heavy atom. The number of benzene rings is 2. The predicted octanol–water partition coefficient (Wildman–Crippen LogP) is 4.12. The SMILES string of the molecule is CCOc1ccc(-n2c(C)cc(/C=N\N3C(=O)c4ccccc4C3=O)c2C)cc1. The summed E-state index contributed by atoms with van der Waals surface area (Å²) in [5.41, 5.74) is 4.60. The second kappa shape index (κ2) is 7.39. The quantitative estimate of drug-likeness (QED) is 0.489. The van der Waals surface area contributed by atoms with Crippen molar-refractivity contribution in [3.8, 4) is 11.4 Å². The minimum absolute atomic E-state index is 0.384. The van der Waals surface area contributed by atoms with Gasteiger partial charge in [0.05, 0.1) is 23.9 Å². The van der Waals surface area contributed by atoms with Crippen LogP contribution in [0, 0.1) is 13.8 Å². The highest BCUT2D eigenvalue weighted by Crippen LogP contribution is 2.24. The average Bonchev–Trinajstić information content (AvgIpc) is 3.14. The van der Waals surface area contributed by atoms with E-state index in [0.29, 0.717) is 17.7 Å². The zero-order valence-electron chi connectivity index (χ0n) is 16.5. The van der Waals surface area contributed by atoms with Crippen LogP contribution in [0.15, 0.2) is 59.7 Å². The first-order valence-corrected chi connectivity index (χ1v) is 9.45. The van der Waals surface area contributed by atoms with E-state index in [1.807, 2.05) is 51.1 Å². The highest BCUT2D eigenvalue weighted by Gasteiger charge is 2.35. The molecule has 29 heavy (non-hydrogen) atoms. The van der Waals surface area contributed by atoms with Gasteiger partial charge in [0.15, 0.2) is 0 Å². The second-order valence-corrected chi connectivity index (χ2v) is 6.80. The van der Waals surface area contributed by atoms with Gasteiger partial charge in [-0.1, -0.05) is 12.1 Å². The molecule has 0 unspecified atom stereocenters. The van der Waals surface area contributed by atoms with E-state index < -0.39 is 11.8 Å².